The summed E-state index contributed by atoms with van der Waals surface area (Å²) >= 11 is 12.5. The van der Waals surface area contributed by atoms with Crippen LogP contribution in [0.25, 0.3) is 0 Å². The molecule has 0 spiro atoms. The summed E-state index contributed by atoms with van der Waals surface area (Å²) in [5.41, 5.74) is 0.989. The molecule has 0 radical (unpaired) electrons. The fourth-order valence-electron chi connectivity index (χ4n) is 2.30. The number of carbonyl (C=O) groups excluding carboxylic acids is 1. The molecule has 1 amide bonds. The molecule has 0 saturated carbocycles. The number of amides is 1. The molecule has 1 heterocycles. The Morgan fingerprint density at radius 3 is 2.50 bits per heavy atom. The Morgan fingerprint density at radius 2 is 1.82 bits per heavy atom. The van der Waals surface area contributed by atoms with Gasteiger partial charge < -0.3 is 0 Å². The number of carbonyl (C=O) groups is 1. The van der Waals surface area contributed by atoms with Gasteiger partial charge in [-0.15, -0.1) is 10.2 Å². The van der Waals surface area contributed by atoms with E-state index in [1.54, 1.807) is 6.92 Å². The fraction of sp³-hybridized carbons (Fsp3) is 0.118. The number of hydrogen-bond acceptors (Lipinski definition) is 6. The van der Waals surface area contributed by atoms with Gasteiger partial charge in [0.15, 0.2) is 0 Å². The zero-order valence-electron chi connectivity index (χ0n) is 14.4. The quantitative estimate of drug-likeness (QED) is 0.542. The minimum absolute atomic E-state index is 0.0313. The van der Waals surface area contributed by atoms with Gasteiger partial charge in [-0.3, -0.25) is 10.1 Å². The van der Waals surface area contributed by atoms with Crippen LogP contribution in [0.1, 0.15) is 28.9 Å². The van der Waals surface area contributed by atoms with Crippen molar-refractivity contribution in [3.63, 3.8) is 0 Å². The monoisotopic (exact) mass is 456 g/mol. The molecule has 3 aromatic rings. The van der Waals surface area contributed by atoms with Gasteiger partial charge in [0.2, 0.25) is 9.47 Å². The summed E-state index contributed by atoms with van der Waals surface area (Å²) in [6.07, 6.45) is 0. The largest absolute Gasteiger partial charge is 0.296 e. The van der Waals surface area contributed by atoms with E-state index in [4.69, 9.17) is 23.2 Å². The summed E-state index contributed by atoms with van der Waals surface area (Å²) in [5, 5.41) is 10.5. The van der Waals surface area contributed by atoms with Crippen LogP contribution in [0.4, 0.5) is 5.13 Å². The third kappa shape index (κ3) is 4.86. The summed E-state index contributed by atoms with van der Waals surface area (Å²) in [6, 6.07) is 13.1. The predicted molar refractivity (Wildman–Crippen MR) is 110 cm³/mol. The van der Waals surface area contributed by atoms with Gasteiger partial charge in [-0.1, -0.05) is 64.9 Å². The molecule has 146 valence electrons. The first-order valence-electron chi connectivity index (χ1n) is 7.93. The first-order chi connectivity index (χ1) is 13.3. The van der Waals surface area contributed by atoms with Crippen molar-refractivity contribution in [2.24, 2.45) is 0 Å². The number of hydrogen-bond donors (Lipinski definition) is 2. The highest BCUT2D eigenvalue weighted by atomic mass is 35.5. The van der Waals surface area contributed by atoms with Crippen molar-refractivity contribution < 1.29 is 13.2 Å². The van der Waals surface area contributed by atoms with Crippen molar-refractivity contribution in [1.29, 1.82) is 0 Å². The van der Waals surface area contributed by atoms with Gasteiger partial charge in [0.05, 0.1) is 10.6 Å². The molecule has 0 aliphatic rings. The van der Waals surface area contributed by atoms with Gasteiger partial charge in [0, 0.05) is 11.1 Å². The smallest absolute Gasteiger partial charge is 0.270 e. The van der Waals surface area contributed by atoms with Crippen molar-refractivity contribution in [2.75, 3.05) is 5.32 Å². The SMILES string of the molecule is C[C@@H](NS(=O)(=O)c1nnc(NC(=O)c2ccc(Cl)cc2Cl)s1)c1ccccc1. The lowest BCUT2D eigenvalue weighted by atomic mass is 10.1. The fourth-order valence-corrected chi connectivity index (χ4v) is 4.94. The first-order valence-corrected chi connectivity index (χ1v) is 11.0. The van der Waals surface area contributed by atoms with Gasteiger partial charge in [0.25, 0.3) is 15.9 Å². The minimum Gasteiger partial charge on any atom is -0.296 e. The van der Waals surface area contributed by atoms with Crippen LogP contribution < -0.4 is 10.0 Å². The molecule has 0 unspecified atom stereocenters. The lowest BCUT2D eigenvalue weighted by Gasteiger charge is -2.12. The van der Waals surface area contributed by atoms with E-state index in [1.165, 1.54) is 18.2 Å². The number of halogens is 2. The van der Waals surface area contributed by atoms with Crippen LogP contribution >= 0.6 is 34.5 Å². The van der Waals surface area contributed by atoms with Crippen LogP contribution in [0.3, 0.4) is 0 Å². The molecule has 3 rings (SSSR count). The van der Waals surface area contributed by atoms with Gasteiger partial charge in [0.1, 0.15) is 0 Å². The molecule has 0 saturated heterocycles. The molecule has 0 aliphatic carbocycles. The van der Waals surface area contributed by atoms with Crippen LogP contribution in [0.2, 0.25) is 10.0 Å². The number of benzene rings is 2. The zero-order valence-corrected chi connectivity index (χ0v) is 17.5. The Kier molecular flexibility index (Phi) is 6.31. The third-order valence-corrected chi connectivity index (χ3v) is 6.96. The summed E-state index contributed by atoms with van der Waals surface area (Å²) in [4.78, 5) is 12.3. The van der Waals surface area contributed by atoms with Gasteiger partial charge in [-0.2, -0.15) is 0 Å². The number of nitrogens with one attached hydrogen (secondary N) is 2. The normalized spacial score (nSPS) is 12.5. The molecule has 2 N–H and O–H groups in total. The molecule has 0 bridgehead atoms. The van der Waals surface area contributed by atoms with E-state index in [0.29, 0.717) is 5.02 Å². The van der Waals surface area contributed by atoms with Crippen molar-refractivity contribution in [1.82, 2.24) is 14.9 Å². The Bertz CT molecular complexity index is 1100. The average molecular weight is 457 g/mol. The molecule has 7 nitrogen and oxygen atoms in total. The summed E-state index contributed by atoms with van der Waals surface area (Å²) in [5.74, 6) is -0.549. The minimum atomic E-state index is -3.90. The highest BCUT2D eigenvalue weighted by Crippen LogP contribution is 2.25. The molecular weight excluding hydrogens is 443 g/mol. The second-order valence-corrected chi connectivity index (χ2v) is 9.41. The van der Waals surface area contributed by atoms with E-state index < -0.39 is 22.0 Å². The number of nitrogens with zero attached hydrogens (tertiary/aromatic N) is 2. The second-order valence-electron chi connectivity index (χ2n) is 5.71. The Hall–Kier alpha value is -2.04. The molecule has 0 aliphatic heterocycles. The highest BCUT2D eigenvalue weighted by molar-refractivity contribution is 7.91. The van der Waals surface area contributed by atoms with E-state index in [2.05, 4.69) is 20.2 Å². The summed E-state index contributed by atoms with van der Waals surface area (Å²) in [6.45, 7) is 1.72. The third-order valence-electron chi connectivity index (χ3n) is 3.66. The first kappa shape index (κ1) is 20.7. The van der Waals surface area contributed by atoms with Gasteiger partial charge >= 0.3 is 0 Å². The number of aromatic nitrogens is 2. The maximum Gasteiger partial charge on any atom is 0.270 e. The maximum atomic E-state index is 12.5. The Balaban J connectivity index is 1.73. The number of sulfonamides is 1. The zero-order chi connectivity index (χ0) is 20.3. The van der Waals surface area contributed by atoms with Crippen molar-refractivity contribution in [2.45, 2.75) is 17.3 Å². The average Bonchev–Trinajstić information content (AvgIpc) is 3.11. The van der Waals surface area contributed by atoms with Crippen molar-refractivity contribution in [3.05, 3.63) is 69.7 Å². The van der Waals surface area contributed by atoms with E-state index in [1.807, 2.05) is 30.3 Å². The Morgan fingerprint density at radius 1 is 1.11 bits per heavy atom. The van der Waals surface area contributed by atoms with E-state index in [0.717, 1.165) is 16.9 Å². The van der Waals surface area contributed by atoms with Crippen molar-refractivity contribution in [3.8, 4) is 0 Å². The standard InChI is InChI=1S/C17H14Cl2N4O3S2/c1-10(11-5-3-2-4-6-11)23-28(25,26)17-22-21-16(27-17)20-15(24)13-8-7-12(18)9-14(13)19/h2-10,23H,1H3,(H,20,21,24)/t10-/m1/s1. The van der Waals surface area contributed by atoms with Gasteiger partial charge in [-0.05, 0) is 30.7 Å². The molecule has 11 heteroatoms. The van der Waals surface area contributed by atoms with Gasteiger partial charge in [-0.25, -0.2) is 13.1 Å². The molecule has 1 aromatic heterocycles. The maximum absolute atomic E-state index is 12.5. The van der Waals surface area contributed by atoms with Crippen LogP contribution in [0.5, 0.6) is 0 Å². The van der Waals surface area contributed by atoms with Crippen LogP contribution in [-0.4, -0.2) is 24.5 Å². The summed E-state index contributed by atoms with van der Waals surface area (Å²) in [7, 11) is -3.90. The molecule has 2 aromatic carbocycles. The second kappa shape index (κ2) is 8.54. The molecule has 0 fully saturated rings. The lowest BCUT2D eigenvalue weighted by Crippen LogP contribution is -2.26. The Labute approximate surface area is 175 Å². The van der Waals surface area contributed by atoms with Crippen LogP contribution in [0.15, 0.2) is 52.9 Å². The molecule has 28 heavy (non-hydrogen) atoms. The summed E-state index contributed by atoms with van der Waals surface area (Å²) < 4.78 is 27.3. The van der Waals surface area contributed by atoms with Crippen LogP contribution in [0, 0.1) is 0 Å². The topological polar surface area (TPSA) is 101 Å². The van der Waals surface area contributed by atoms with E-state index in [9.17, 15) is 13.2 Å². The number of rotatable bonds is 6. The van der Waals surface area contributed by atoms with Crippen molar-refractivity contribution >= 4 is 55.6 Å². The highest BCUT2D eigenvalue weighted by Gasteiger charge is 2.24. The van der Waals surface area contributed by atoms with Crippen LogP contribution in [-0.2, 0) is 10.0 Å². The predicted octanol–water partition coefficient (Wildman–Crippen LogP) is 4.14. The van der Waals surface area contributed by atoms with E-state index in [-0.39, 0.29) is 20.1 Å². The number of anilines is 1. The molecular formula is C17H14Cl2N4O3S2. The molecule has 1 atom stereocenters. The van der Waals surface area contributed by atoms with E-state index >= 15 is 0 Å². The lowest BCUT2D eigenvalue weighted by molar-refractivity contribution is 0.102.